The highest BCUT2D eigenvalue weighted by molar-refractivity contribution is 6.07. The minimum atomic E-state index is -0.752. The van der Waals surface area contributed by atoms with Crippen LogP contribution in [-0.4, -0.2) is 33.3 Å². The fourth-order valence-corrected chi connectivity index (χ4v) is 3.43. The number of urea groups is 1. The molecule has 8 nitrogen and oxygen atoms in total. The van der Waals surface area contributed by atoms with Crippen molar-refractivity contribution < 1.29 is 23.8 Å². The average molecular weight is 411 g/mol. The average Bonchev–Trinajstić information content (AvgIpc) is 2.71. The number of anilines is 1. The van der Waals surface area contributed by atoms with Crippen molar-refractivity contribution in [2.24, 2.45) is 0 Å². The standard InChI is InChI=1S/C22H25N3O5/c1-12-7-6-8-14(9-12)24-21(26)19-13(2)23-22(27)25-20(19)15-10-17(29-4)18(30-5)11-16(15)28-3/h6-11,20H,1-5H3,(H,24,26)(H2,23,25,27). The number of ether oxygens (including phenoxy) is 3. The van der Waals surface area contributed by atoms with Crippen LogP contribution in [0.4, 0.5) is 10.5 Å². The van der Waals surface area contributed by atoms with Gasteiger partial charge in [-0.15, -0.1) is 0 Å². The zero-order valence-corrected chi connectivity index (χ0v) is 17.6. The van der Waals surface area contributed by atoms with Gasteiger partial charge in [0.05, 0.1) is 32.9 Å². The van der Waals surface area contributed by atoms with E-state index in [0.29, 0.717) is 39.8 Å². The number of carbonyl (C=O) groups excluding carboxylic acids is 2. The van der Waals surface area contributed by atoms with Crippen LogP contribution in [-0.2, 0) is 4.79 Å². The number of methoxy groups -OCH3 is 3. The summed E-state index contributed by atoms with van der Waals surface area (Å²) in [6.45, 7) is 3.63. The van der Waals surface area contributed by atoms with Crippen LogP contribution in [0.15, 0.2) is 47.7 Å². The van der Waals surface area contributed by atoms with Crippen molar-refractivity contribution in [3.63, 3.8) is 0 Å². The normalized spacial score (nSPS) is 15.8. The molecule has 0 saturated carbocycles. The van der Waals surface area contributed by atoms with E-state index < -0.39 is 12.1 Å². The lowest BCUT2D eigenvalue weighted by Gasteiger charge is -2.30. The van der Waals surface area contributed by atoms with Crippen molar-refractivity contribution in [2.75, 3.05) is 26.6 Å². The van der Waals surface area contributed by atoms with E-state index in [1.165, 1.54) is 21.3 Å². The van der Waals surface area contributed by atoms with Gasteiger partial charge in [0.1, 0.15) is 5.75 Å². The Balaban J connectivity index is 2.07. The summed E-state index contributed by atoms with van der Waals surface area (Å²) in [4.78, 5) is 25.4. The molecule has 1 unspecified atom stereocenters. The van der Waals surface area contributed by atoms with Crippen molar-refractivity contribution in [1.82, 2.24) is 10.6 Å². The maximum atomic E-state index is 13.2. The number of nitrogens with one attached hydrogen (secondary N) is 3. The molecule has 1 heterocycles. The van der Waals surface area contributed by atoms with E-state index in [0.717, 1.165) is 5.56 Å². The van der Waals surface area contributed by atoms with Gasteiger partial charge in [0.15, 0.2) is 11.5 Å². The Bertz CT molecular complexity index is 1020. The molecule has 3 N–H and O–H groups in total. The van der Waals surface area contributed by atoms with Crippen LogP contribution in [0.1, 0.15) is 24.1 Å². The van der Waals surface area contributed by atoms with E-state index in [4.69, 9.17) is 14.2 Å². The van der Waals surface area contributed by atoms with Crippen LogP contribution in [0.5, 0.6) is 17.2 Å². The van der Waals surface area contributed by atoms with Crippen molar-refractivity contribution >= 4 is 17.6 Å². The second-order valence-corrected chi connectivity index (χ2v) is 6.84. The molecule has 2 aromatic carbocycles. The molecule has 3 rings (SSSR count). The minimum absolute atomic E-state index is 0.340. The third kappa shape index (κ3) is 4.17. The van der Waals surface area contributed by atoms with Crippen molar-refractivity contribution in [3.8, 4) is 17.2 Å². The Morgan fingerprint density at radius 2 is 1.63 bits per heavy atom. The Morgan fingerprint density at radius 1 is 0.967 bits per heavy atom. The Kier molecular flexibility index (Phi) is 6.15. The van der Waals surface area contributed by atoms with Crippen LogP contribution in [0.2, 0.25) is 0 Å². The van der Waals surface area contributed by atoms with Crippen molar-refractivity contribution in [1.29, 1.82) is 0 Å². The van der Waals surface area contributed by atoms with Gasteiger partial charge in [-0.05, 0) is 37.6 Å². The van der Waals surface area contributed by atoms with Gasteiger partial charge in [0.2, 0.25) is 0 Å². The number of benzene rings is 2. The molecule has 0 saturated heterocycles. The van der Waals surface area contributed by atoms with Gasteiger partial charge in [0, 0.05) is 23.0 Å². The highest BCUT2D eigenvalue weighted by atomic mass is 16.5. The highest BCUT2D eigenvalue weighted by Gasteiger charge is 2.34. The van der Waals surface area contributed by atoms with E-state index in [1.54, 1.807) is 19.1 Å². The third-order valence-electron chi connectivity index (χ3n) is 4.84. The maximum Gasteiger partial charge on any atom is 0.319 e. The van der Waals surface area contributed by atoms with Crippen LogP contribution >= 0.6 is 0 Å². The number of carbonyl (C=O) groups is 2. The molecular weight excluding hydrogens is 386 g/mol. The molecule has 1 aliphatic heterocycles. The van der Waals surface area contributed by atoms with E-state index in [-0.39, 0.29) is 5.91 Å². The van der Waals surface area contributed by atoms with E-state index in [1.807, 2.05) is 31.2 Å². The molecule has 0 spiro atoms. The molecule has 0 aromatic heterocycles. The zero-order chi connectivity index (χ0) is 21.8. The molecule has 3 amide bonds. The highest BCUT2D eigenvalue weighted by Crippen LogP contribution is 2.40. The maximum absolute atomic E-state index is 13.2. The Hall–Kier alpha value is -3.68. The van der Waals surface area contributed by atoms with E-state index in [2.05, 4.69) is 16.0 Å². The molecule has 0 aliphatic carbocycles. The predicted octanol–water partition coefficient (Wildman–Crippen LogP) is 3.29. The Morgan fingerprint density at radius 3 is 2.27 bits per heavy atom. The lowest BCUT2D eigenvalue weighted by molar-refractivity contribution is -0.113. The second kappa shape index (κ2) is 8.77. The van der Waals surface area contributed by atoms with Crippen molar-refractivity contribution in [2.45, 2.75) is 19.9 Å². The molecule has 0 fully saturated rings. The smallest absolute Gasteiger partial charge is 0.319 e. The molecule has 1 aliphatic rings. The van der Waals surface area contributed by atoms with Gasteiger partial charge >= 0.3 is 6.03 Å². The first-order valence-corrected chi connectivity index (χ1v) is 9.34. The SMILES string of the molecule is COc1cc(OC)c(C2NC(=O)NC(C)=C2C(=O)Nc2cccc(C)c2)cc1OC. The molecule has 0 radical (unpaired) electrons. The van der Waals surface area contributed by atoms with Gasteiger partial charge in [0.25, 0.3) is 5.91 Å². The summed E-state index contributed by atoms with van der Waals surface area (Å²) >= 11 is 0. The molecule has 30 heavy (non-hydrogen) atoms. The van der Waals surface area contributed by atoms with Gasteiger partial charge in [-0.25, -0.2) is 4.79 Å². The fraction of sp³-hybridized carbons (Fsp3) is 0.273. The second-order valence-electron chi connectivity index (χ2n) is 6.84. The van der Waals surface area contributed by atoms with Gasteiger partial charge < -0.3 is 30.2 Å². The number of rotatable bonds is 6. The van der Waals surface area contributed by atoms with E-state index in [9.17, 15) is 9.59 Å². The number of amides is 3. The third-order valence-corrected chi connectivity index (χ3v) is 4.84. The van der Waals surface area contributed by atoms with Gasteiger partial charge in [-0.2, -0.15) is 0 Å². The van der Waals surface area contributed by atoms with Crippen LogP contribution in [0.25, 0.3) is 0 Å². The summed E-state index contributed by atoms with van der Waals surface area (Å²) in [5, 5.41) is 8.38. The fourth-order valence-electron chi connectivity index (χ4n) is 3.43. The molecule has 0 bridgehead atoms. The zero-order valence-electron chi connectivity index (χ0n) is 17.6. The predicted molar refractivity (Wildman–Crippen MR) is 113 cm³/mol. The minimum Gasteiger partial charge on any atom is -0.496 e. The largest absolute Gasteiger partial charge is 0.496 e. The van der Waals surface area contributed by atoms with Gasteiger partial charge in [-0.1, -0.05) is 12.1 Å². The summed E-state index contributed by atoms with van der Waals surface area (Å²) in [5.41, 5.74) is 3.06. The van der Waals surface area contributed by atoms with Crippen LogP contribution < -0.4 is 30.2 Å². The number of hydrogen-bond acceptors (Lipinski definition) is 5. The van der Waals surface area contributed by atoms with E-state index >= 15 is 0 Å². The summed E-state index contributed by atoms with van der Waals surface area (Å²) < 4.78 is 16.2. The van der Waals surface area contributed by atoms with Crippen LogP contribution in [0.3, 0.4) is 0 Å². The molecular formula is C22H25N3O5. The first kappa shape index (κ1) is 21.0. The van der Waals surface area contributed by atoms with Crippen LogP contribution in [0, 0.1) is 6.92 Å². The quantitative estimate of drug-likeness (QED) is 0.678. The first-order chi connectivity index (χ1) is 14.4. The molecule has 158 valence electrons. The Labute approximate surface area is 175 Å². The monoisotopic (exact) mass is 411 g/mol. The van der Waals surface area contributed by atoms with Crippen molar-refractivity contribution in [3.05, 3.63) is 58.8 Å². The summed E-state index contributed by atoms with van der Waals surface area (Å²) in [5.74, 6) is 1.04. The molecule has 8 heteroatoms. The molecule has 2 aromatic rings. The lowest BCUT2D eigenvalue weighted by atomic mass is 9.93. The summed E-state index contributed by atoms with van der Waals surface area (Å²) in [7, 11) is 4.55. The number of aryl methyl sites for hydroxylation is 1. The number of allylic oxidation sites excluding steroid dienone is 1. The molecule has 1 atom stereocenters. The topological polar surface area (TPSA) is 97.9 Å². The summed E-state index contributed by atoms with van der Waals surface area (Å²) in [6.07, 6.45) is 0. The number of hydrogen-bond donors (Lipinski definition) is 3. The summed E-state index contributed by atoms with van der Waals surface area (Å²) in [6, 6.07) is 9.67. The van der Waals surface area contributed by atoms with Gasteiger partial charge in [-0.3, -0.25) is 4.79 Å². The lowest BCUT2D eigenvalue weighted by Crippen LogP contribution is -2.46. The first-order valence-electron chi connectivity index (χ1n) is 9.34.